The van der Waals surface area contributed by atoms with Crippen LogP contribution in [0.1, 0.15) is 18.5 Å². The molecular weight excluding hydrogens is 310 g/mol. The molecule has 0 saturated carbocycles. The van der Waals surface area contributed by atoms with Crippen LogP contribution in [0.15, 0.2) is 30.3 Å². The summed E-state index contributed by atoms with van der Waals surface area (Å²) in [5.41, 5.74) is 1.08. The summed E-state index contributed by atoms with van der Waals surface area (Å²) in [6.07, 6.45) is 1.45. The van der Waals surface area contributed by atoms with Crippen LogP contribution in [0.2, 0.25) is 0 Å². The van der Waals surface area contributed by atoms with Crippen LogP contribution in [-0.4, -0.2) is 33.2 Å². The van der Waals surface area contributed by atoms with Crippen LogP contribution in [0.3, 0.4) is 0 Å². The number of hydrogen-bond acceptors (Lipinski definition) is 5. The van der Waals surface area contributed by atoms with Crippen molar-refractivity contribution in [3.63, 3.8) is 0 Å². The van der Waals surface area contributed by atoms with Gasteiger partial charge in [-0.25, -0.2) is 4.68 Å². The summed E-state index contributed by atoms with van der Waals surface area (Å²) in [6, 6.07) is 8.93. The molecule has 1 aromatic carbocycles. The number of aromatic nitrogens is 2. The maximum absolute atomic E-state index is 12.8. The molecule has 0 spiro atoms. The van der Waals surface area contributed by atoms with Crippen molar-refractivity contribution < 1.29 is 9.72 Å². The quantitative estimate of drug-likeness (QED) is 0.686. The molecule has 1 aromatic heterocycles. The molecule has 1 aliphatic rings. The third-order valence-electron chi connectivity index (χ3n) is 4.19. The van der Waals surface area contributed by atoms with E-state index in [1.807, 2.05) is 30.3 Å². The zero-order valence-electron chi connectivity index (χ0n) is 13.6. The van der Waals surface area contributed by atoms with Crippen molar-refractivity contribution in [2.75, 3.05) is 16.8 Å². The average Bonchev–Trinajstić information content (AvgIpc) is 2.84. The number of aryl methyl sites for hydroxylation is 2. The second-order valence-corrected chi connectivity index (χ2v) is 5.83. The zero-order valence-corrected chi connectivity index (χ0v) is 13.6. The smallest absolute Gasteiger partial charge is 0.333 e. The second kappa shape index (κ2) is 6.31. The van der Waals surface area contributed by atoms with Crippen LogP contribution in [0.5, 0.6) is 0 Å². The number of benzene rings is 1. The summed E-state index contributed by atoms with van der Waals surface area (Å²) in [6.45, 7) is 2.23. The summed E-state index contributed by atoms with van der Waals surface area (Å²) in [5, 5.41) is 18.4. The van der Waals surface area contributed by atoms with E-state index in [1.54, 1.807) is 18.9 Å². The monoisotopic (exact) mass is 329 g/mol. The number of rotatable bonds is 4. The van der Waals surface area contributed by atoms with Gasteiger partial charge in [0.15, 0.2) is 0 Å². The molecule has 0 bridgehead atoms. The molecule has 1 atom stereocenters. The second-order valence-electron chi connectivity index (χ2n) is 5.83. The number of carbonyl (C=O) groups excluding carboxylic acids is 1. The summed E-state index contributed by atoms with van der Waals surface area (Å²) in [5.74, 6) is 0.186. The number of carbonyl (C=O) groups is 1. The number of nitro groups is 1. The van der Waals surface area contributed by atoms with Gasteiger partial charge in [-0.15, -0.1) is 0 Å². The predicted molar refractivity (Wildman–Crippen MR) is 90.0 cm³/mol. The van der Waals surface area contributed by atoms with Crippen molar-refractivity contribution in [3.8, 4) is 0 Å². The van der Waals surface area contributed by atoms with Crippen LogP contribution < -0.4 is 10.2 Å². The molecular formula is C16H19N5O3. The van der Waals surface area contributed by atoms with Gasteiger partial charge in [0.2, 0.25) is 11.7 Å². The van der Waals surface area contributed by atoms with Gasteiger partial charge in [-0.1, -0.05) is 18.2 Å². The molecule has 126 valence electrons. The molecule has 0 unspecified atom stereocenters. The Morgan fingerprint density at radius 1 is 1.33 bits per heavy atom. The van der Waals surface area contributed by atoms with Crippen molar-refractivity contribution in [2.45, 2.75) is 25.8 Å². The highest BCUT2D eigenvalue weighted by molar-refractivity contribution is 5.99. The van der Waals surface area contributed by atoms with Gasteiger partial charge < -0.3 is 10.2 Å². The Bertz CT molecular complexity index is 772. The number of hydrogen-bond donors (Lipinski definition) is 1. The number of amides is 1. The molecule has 8 nitrogen and oxygen atoms in total. The van der Waals surface area contributed by atoms with E-state index < -0.39 is 11.0 Å². The van der Waals surface area contributed by atoms with Crippen LogP contribution in [-0.2, 0) is 11.8 Å². The lowest BCUT2D eigenvalue weighted by atomic mass is 10.0. The first kappa shape index (κ1) is 16.0. The molecule has 0 aliphatic carbocycles. The number of piperidine rings is 1. The largest absolute Gasteiger partial charge is 0.353 e. The number of para-hydroxylation sites is 1. The minimum absolute atomic E-state index is 0.0814. The van der Waals surface area contributed by atoms with Crippen molar-refractivity contribution >= 4 is 23.1 Å². The minimum Gasteiger partial charge on any atom is -0.353 e. The zero-order chi connectivity index (χ0) is 17.3. The highest BCUT2D eigenvalue weighted by Gasteiger charge is 2.33. The standard InChI is InChI=1S/C16H19N5O3/c1-11-14(21(23)24)15(19(2)18-11)17-13-9-6-10-20(16(13)22)12-7-4-3-5-8-12/h3-5,7-8,13,17H,6,9-10H2,1-2H3/t13-/m0/s1. The molecule has 2 aromatic rings. The van der Waals surface area contributed by atoms with Crippen LogP contribution in [0.25, 0.3) is 0 Å². The van der Waals surface area contributed by atoms with E-state index in [0.29, 0.717) is 18.7 Å². The third-order valence-corrected chi connectivity index (χ3v) is 4.19. The van der Waals surface area contributed by atoms with E-state index in [2.05, 4.69) is 10.4 Å². The Kier molecular flexibility index (Phi) is 4.20. The summed E-state index contributed by atoms with van der Waals surface area (Å²) < 4.78 is 1.42. The highest BCUT2D eigenvalue weighted by atomic mass is 16.6. The molecule has 0 radical (unpaired) electrons. The Morgan fingerprint density at radius 2 is 2.04 bits per heavy atom. The predicted octanol–water partition coefficient (Wildman–Crippen LogP) is 2.24. The maximum Gasteiger partial charge on any atom is 0.333 e. The molecule has 1 aliphatic heterocycles. The number of nitrogens with zero attached hydrogens (tertiary/aromatic N) is 4. The van der Waals surface area contributed by atoms with Gasteiger partial charge in [-0.3, -0.25) is 14.9 Å². The molecule has 1 N–H and O–H groups in total. The van der Waals surface area contributed by atoms with Crippen molar-refractivity contribution in [1.29, 1.82) is 0 Å². The molecule has 1 amide bonds. The molecule has 8 heteroatoms. The highest BCUT2D eigenvalue weighted by Crippen LogP contribution is 2.30. The summed E-state index contributed by atoms with van der Waals surface area (Å²) in [7, 11) is 1.63. The van der Waals surface area contributed by atoms with Gasteiger partial charge in [-0.2, -0.15) is 5.10 Å². The number of anilines is 2. The van der Waals surface area contributed by atoms with E-state index in [-0.39, 0.29) is 17.4 Å². The average molecular weight is 329 g/mol. The van der Waals surface area contributed by atoms with Crippen molar-refractivity contribution in [1.82, 2.24) is 9.78 Å². The van der Waals surface area contributed by atoms with Crippen LogP contribution in [0.4, 0.5) is 17.2 Å². The van der Waals surface area contributed by atoms with E-state index >= 15 is 0 Å². The first-order valence-corrected chi connectivity index (χ1v) is 7.80. The summed E-state index contributed by atoms with van der Waals surface area (Å²) in [4.78, 5) is 25.3. The number of nitrogens with one attached hydrogen (secondary N) is 1. The van der Waals surface area contributed by atoms with Crippen LogP contribution in [0, 0.1) is 17.0 Å². The SMILES string of the molecule is Cc1nn(C)c(N[C@H]2CCCN(c3ccccc3)C2=O)c1[N+](=O)[O-]. The molecule has 2 heterocycles. The first-order valence-electron chi connectivity index (χ1n) is 7.80. The Morgan fingerprint density at radius 3 is 2.71 bits per heavy atom. The topological polar surface area (TPSA) is 93.3 Å². The Labute approximate surface area is 139 Å². The van der Waals surface area contributed by atoms with Gasteiger partial charge >= 0.3 is 5.69 Å². The molecule has 1 saturated heterocycles. The molecule has 1 fully saturated rings. The van der Waals surface area contributed by atoms with E-state index in [1.165, 1.54) is 4.68 Å². The lowest BCUT2D eigenvalue weighted by Crippen LogP contribution is -2.48. The fourth-order valence-corrected chi connectivity index (χ4v) is 3.07. The first-order chi connectivity index (χ1) is 11.5. The Balaban J connectivity index is 1.86. The van der Waals surface area contributed by atoms with Gasteiger partial charge in [0.1, 0.15) is 11.7 Å². The third kappa shape index (κ3) is 2.82. The van der Waals surface area contributed by atoms with E-state index in [4.69, 9.17) is 0 Å². The van der Waals surface area contributed by atoms with Crippen LogP contribution >= 0.6 is 0 Å². The van der Waals surface area contributed by atoms with E-state index in [0.717, 1.165) is 12.1 Å². The molecule has 24 heavy (non-hydrogen) atoms. The molecule has 3 rings (SSSR count). The van der Waals surface area contributed by atoms with Crippen molar-refractivity contribution in [3.05, 3.63) is 46.1 Å². The van der Waals surface area contributed by atoms with E-state index in [9.17, 15) is 14.9 Å². The van der Waals surface area contributed by atoms with Gasteiger partial charge in [0, 0.05) is 19.3 Å². The van der Waals surface area contributed by atoms with Crippen molar-refractivity contribution in [2.24, 2.45) is 7.05 Å². The lowest BCUT2D eigenvalue weighted by molar-refractivity contribution is -0.384. The Hall–Kier alpha value is -2.90. The normalized spacial score (nSPS) is 17.8. The van der Waals surface area contributed by atoms with Gasteiger partial charge in [0.25, 0.3) is 0 Å². The fourth-order valence-electron chi connectivity index (χ4n) is 3.07. The summed E-state index contributed by atoms with van der Waals surface area (Å²) >= 11 is 0. The van der Waals surface area contributed by atoms with Gasteiger partial charge in [0.05, 0.1) is 4.92 Å². The van der Waals surface area contributed by atoms with Gasteiger partial charge in [-0.05, 0) is 31.9 Å². The fraction of sp³-hybridized carbons (Fsp3) is 0.375. The maximum atomic E-state index is 12.8. The minimum atomic E-state index is -0.507. The lowest BCUT2D eigenvalue weighted by Gasteiger charge is -2.32.